The van der Waals surface area contributed by atoms with Gasteiger partial charge in [-0.15, -0.1) is 0 Å². The number of hydrogen-bond donors (Lipinski definition) is 1. The second kappa shape index (κ2) is 4.15. The largest absolute Gasteiger partial charge is 0.330 e. The molecule has 0 unspecified atom stereocenters. The number of aryl methyl sites for hydroxylation is 1. The van der Waals surface area contributed by atoms with Crippen molar-refractivity contribution in [3.8, 4) is 0 Å². The summed E-state index contributed by atoms with van der Waals surface area (Å²) < 4.78 is 2.01. The highest BCUT2D eigenvalue weighted by molar-refractivity contribution is 5.83. The lowest BCUT2D eigenvalue weighted by Crippen LogP contribution is -2.10. The molecule has 2 N–H and O–H groups in total. The van der Waals surface area contributed by atoms with Crippen molar-refractivity contribution in [3.63, 3.8) is 0 Å². The van der Waals surface area contributed by atoms with E-state index >= 15 is 0 Å². The third-order valence-corrected chi connectivity index (χ3v) is 3.87. The van der Waals surface area contributed by atoms with Crippen LogP contribution in [0.25, 0.3) is 10.9 Å². The SMILES string of the molecule is Cn1nc(C2CCC2)c2cc(CCN)ccc21. The van der Waals surface area contributed by atoms with Crippen molar-refractivity contribution in [2.24, 2.45) is 12.8 Å². The Labute approximate surface area is 102 Å². The van der Waals surface area contributed by atoms with E-state index in [9.17, 15) is 0 Å². The first-order valence-electron chi connectivity index (χ1n) is 6.45. The van der Waals surface area contributed by atoms with Gasteiger partial charge in [0.2, 0.25) is 0 Å². The molecule has 0 atom stereocenters. The maximum Gasteiger partial charge on any atom is 0.0734 e. The van der Waals surface area contributed by atoms with Crippen LogP contribution in [0.1, 0.15) is 36.4 Å². The van der Waals surface area contributed by atoms with Gasteiger partial charge in [0, 0.05) is 18.4 Å². The zero-order chi connectivity index (χ0) is 11.8. The van der Waals surface area contributed by atoms with Crippen molar-refractivity contribution in [1.82, 2.24) is 9.78 Å². The molecule has 0 spiro atoms. The highest BCUT2D eigenvalue weighted by Gasteiger charge is 2.24. The second-order valence-corrected chi connectivity index (χ2v) is 5.03. The van der Waals surface area contributed by atoms with Crippen LogP contribution in [0.3, 0.4) is 0 Å². The Kier molecular flexibility index (Phi) is 2.63. The topological polar surface area (TPSA) is 43.8 Å². The molecule has 1 aliphatic rings. The van der Waals surface area contributed by atoms with Gasteiger partial charge in [0.15, 0.2) is 0 Å². The second-order valence-electron chi connectivity index (χ2n) is 5.03. The minimum Gasteiger partial charge on any atom is -0.330 e. The smallest absolute Gasteiger partial charge is 0.0734 e. The number of benzene rings is 1. The summed E-state index contributed by atoms with van der Waals surface area (Å²) in [6.45, 7) is 0.713. The number of fused-ring (bicyclic) bond motifs is 1. The van der Waals surface area contributed by atoms with E-state index < -0.39 is 0 Å². The maximum absolute atomic E-state index is 5.62. The van der Waals surface area contributed by atoms with Gasteiger partial charge in [0.25, 0.3) is 0 Å². The van der Waals surface area contributed by atoms with Gasteiger partial charge in [-0.1, -0.05) is 12.5 Å². The van der Waals surface area contributed by atoms with Gasteiger partial charge >= 0.3 is 0 Å². The molecule has 1 fully saturated rings. The first kappa shape index (κ1) is 10.8. The van der Waals surface area contributed by atoms with Gasteiger partial charge in [-0.05, 0) is 43.5 Å². The third-order valence-electron chi connectivity index (χ3n) is 3.87. The predicted octanol–water partition coefficient (Wildman–Crippen LogP) is 2.34. The number of nitrogens with zero attached hydrogens (tertiary/aromatic N) is 2. The fourth-order valence-corrected chi connectivity index (χ4v) is 2.65. The Bertz CT molecular complexity index is 538. The summed E-state index contributed by atoms with van der Waals surface area (Å²) in [5, 5.41) is 6.03. The maximum atomic E-state index is 5.62. The van der Waals surface area contributed by atoms with Crippen molar-refractivity contribution in [3.05, 3.63) is 29.5 Å². The summed E-state index contributed by atoms with van der Waals surface area (Å²) in [5.74, 6) is 0.687. The van der Waals surface area contributed by atoms with Crippen LogP contribution in [0.5, 0.6) is 0 Å². The molecule has 0 amide bonds. The molecule has 0 saturated heterocycles. The van der Waals surface area contributed by atoms with Crippen LogP contribution in [-0.2, 0) is 13.5 Å². The zero-order valence-corrected chi connectivity index (χ0v) is 10.3. The van der Waals surface area contributed by atoms with E-state index in [0.717, 1.165) is 6.42 Å². The molecular formula is C14H19N3. The van der Waals surface area contributed by atoms with Crippen LogP contribution in [0.15, 0.2) is 18.2 Å². The Hall–Kier alpha value is -1.35. The van der Waals surface area contributed by atoms with E-state index in [1.54, 1.807) is 0 Å². The van der Waals surface area contributed by atoms with Gasteiger partial charge in [0.05, 0.1) is 11.2 Å². The first-order chi connectivity index (χ1) is 8.29. The van der Waals surface area contributed by atoms with Crippen molar-refractivity contribution in [2.45, 2.75) is 31.6 Å². The van der Waals surface area contributed by atoms with Crippen LogP contribution in [0.2, 0.25) is 0 Å². The van der Waals surface area contributed by atoms with Gasteiger partial charge in [-0.2, -0.15) is 5.10 Å². The lowest BCUT2D eigenvalue weighted by atomic mass is 9.82. The Morgan fingerprint density at radius 2 is 2.24 bits per heavy atom. The average Bonchev–Trinajstić information content (AvgIpc) is 2.55. The van der Waals surface area contributed by atoms with E-state index in [1.165, 1.54) is 41.4 Å². The fourth-order valence-electron chi connectivity index (χ4n) is 2.65. The van der Waals surface area contributed by atoms with Crippen molar-refractivity contribution < 1.29 is 0 Å². The van der Waals surface area contributed by atoms with Gasteiger partial charge in [-0.3, -0.25) is 4.68 Å². The zero-order valence-electron chi connectivity index (χ0n) is 10.3. The molecule has 0 bridgehead atoms. The average molecular weight is 229 g/mol. The minimum atomic E-state index is 0.687. The van der Waals surface area contributed by atoms with Gasteiger partial charge < -0.3 is 5.73 Å². The monoisotopic (exact) mass is 229 g/mol. The highest BCUT2D eigenvalue weighted by atomic mass is 15.3. The van der Waals surface area contributed by atoms with E-state index in [4.69, 9.17) is 10.8 Å². The van der Waals surface area contributed by atoms with E-state index in [-0.39, 0.29) is 0 Å². The highest BCUT2D eigenvalue weighted by Crippen LogP contribution is 2.39. The quantitative estimate of drug-likeness (QED) is 0.878. The molecule has 17 heavy (non-hydrogen) atoms. The minimum absolute atomic E-state index is 0.687. The molecule has 2 aromatic rings. The summed E-state index contributed by atoms with van der Waals surface area (Å²) in [6, 6.07) is 6.62. The van der Waals surface area contributed by atoms with Gasteiger partial charge in [-0.25, -0.2) is 0 Å². The Morgan fingerprint density at radius 3 is 2.88 bits per heavy atom. The number of aromatic nitrogens is 2. The summed E-state index contributed by atoms with van der Waals surface area (Å²) in [5.41, 5.74) is 9.49. The molecule has 3 nitrogen and oxygen atoms in total. The van der Waals surface area contributed by atoms with Crippen LogP contribution in [-0.4, -0.2) is 16.3 Å². The molecule has 1 heterocycles. The molecule has 1 saturated carbocycles. The Balaban J connectivity index is 2.10. The lowest BCUT2D eigenvalue weighted by Gasteiger charge is -2.23. The molecule has 1 aromatic carbocycles. The fraction of sp³-hybridized carbons (Fsp3) is 0.500. The van der Waals surface area contributed by atoms with Crippen LogP contribution in [0, 0.1) is 0 Å². The first-order valence-corrected chi connectivity index (χ1v) is 6.45. The molecule has 1 aromatic heterocycles. The predicted molar refractivity (Wildman–Crippen MR) is 70.1 cm³/mol. The molecule has 1 aliphatic carbocycles. The van der Waals surface area contributed by atoms with E-state index in [2.05, 4.69) is 18.2 Å². The molecule has 0 aliphatic heterocycles. The summed E-state index contributed by atoms with van der Waals surface area (Å²) in [7, 11) is 2.03. The van der Waals surface area contributed by atoms with Crippen molar-refractivity contribution in [1.29, 1.82) is 0 Å². The number of nitrogens with two attached hydrogens (primary N) is 1. The molecule has 0 radical (unpaired) electrons. The third kappa shape index (κ3) is 1.75. The Morgan fingerprint density at radius 1 is 1.41 bits per heavy atom. The summed E-state index contributed by atoms with van der Waals surface area (Å²) >= 11 is 0. The number of rotatable bonds is 3. The molecule has 3 heteroatoms. The summed E-state index contributed by atoms with van der Waals surface area (Å²) in [4.78, 5) is 0. The molecular weight excluding hydrogens is 210 g/mol. The van der Waals surface area contributed by atoms with E-state index in [1.807, 2.05) is 11.7 Å². The van der Waals surface area contributed by atoms with Crippen LogP contribution >= 0.6 is 0 Å². The van der Waals surface area contributed by atoms with Crippen LogP contribution < -0.4 is 5.73 Å². The van der Waals surface area contributed by atoms with Gasteiger partial charge in [0.1, 0.15) is 0 Å². The van der Waals surface area contributed by atoms with E-state index in [0.29, 0.717) is 12.5 Å². The standard InChI is InChI=1S/C14H19N3/c1-17-13-6-5-10(7-8-15)9-12(13)14(16-17)11-3-2-4-11/h5-6,9,11H,2-4,7-8,15H2,1H3. The summed E-state index contributed by atoms with van der Waals surface area (Å²) in [6.07, 6.45) is 4.90. The molecule has 3 rings (SSSR count). The van der Waals surface area contributed by atoms with Crippen LogP contribution in [0.4, 0.5) is 0 Å². The van der Waals surface area contributed by atoms with Crippen molar-refractivity contribution >= 4 is 10.9 Å². The van der Waals surface area contributed by atoms with Crippen molar-refractivity contribution in [2.75, 3.05) is 6.54 Å². The molecule has 90 valence electrons. The lowest BCUT2D eigenvalue weighted by molar-refractivity contribution is 0.410. The normalized spacial score (nSPS) is 16.4. The number of hydrogen-bond acceptors (Lipinski definition) is 2.